The number of nitrogens with one attached hydrogen (secondary N) is 4. The zero-order valence-corrected chi connectivity index (χ0v) is 29.5. The highest BCUT2D eigenvalue weighted by Gasteiger charge is 2.35. The van der Waals surface area contributed by atoms with Crippen molar-refractivity contribution < 1.29 is 27.6 Å². The van der Waals surface area contributed by atoms with Crippen molar-refractivity contribution in [2.75, 3.05) is 32.0 Å². The van der Waals surface area contributed by atoms with Gasteiger partial charge in [-0.3, -0.25) is 14.4 Å². The van der Waals surface area contributed by atoms with E-state index in [-0.39, 0.29) is 46.9 Å². The topological polar surface area (TPSA) is 145 Å². The van der Waals surface area contributed by atoms with Crippen LogP contribution in [0.4, 0.5) is 18.9 Å². The number of fused-ring (bicyclic) bond motifs is 1. The number of hydrogen-bond acceptors (Lipinski definition) is 6. The number of alkyl halides is 3. The first-order valence-corrected chi connectivity index (χ1v) is 17.9. The molecule has 6 N–H and O–H groups in total. The van der Waals surface area contributed by atoms with Crippen molar-refractivity contribution in [1.29, 1.82) is 0 Å². The summed E-state index contributed by atoms with van der Waals surface area (Å²) < 4.78 is 39.6. The van der Waals surface area contributed by atoms with E-state index in [4.69, 9.17) is 5.73 Å². The van der Waals surface area contributed by atoms with Crippen LogP contribution >= 0.6 is 0 Å². The van der Waals surface area contributed by atoms with E-state index in [0.717, 1.165) is 61.0 Å². The number of piperidine rings is 1. The number of rotatable bonds is 10. The molecule has 0 spiro atoms. The van der Waals surface area contributed by atoms with Crippen LogP contribution in [0.25, 0.3) is 22.2 Å². The number of hydrogen-bond donors (Lipinski definition) is 5. The maximum absolute atomic E-state index is 13.7. The van der Waals surface area contributed by atoms with Gasteiger partial charge in [-0.1, -0.05) is 30.3 Å². The van der Waals surface area contributed by atoms with Gasteiger partial charge in [-0.15, -0.1) is 0 Å². The molecule has 2 aliphatic rings. The number of imidazole rings is 1. The first-order valence-electron chi connectivity index (χ1n) is 17.9. The molecular weight excluding hydrogens is 671 g/mol. The number of benzene rings is 3. The lowest BCUT2D eigenvalue weighted by Gasteiger charge is -2.29. The molecule has 1 aliphatic heterocycles. The number of halogens is 3. The van der Waals surface area contributed by atoms with E-state index in [9.17, 15) is 27.6 Å². The second kappa shape index (κ2) is 15.9. The highest BCUT2D eigenvalue weighted by molar-refractivity contribution is 5.99. The average molecular weight is 718 g/mol. The zero-order chi connectivity index (χ0) is 37.0. The minimum Gasteiger partial charge on any atom is -0.349 e. The maximum Gasteiger partial charge on any atom is 0.449 e. The fourth-order valence-corrected chi connectivity index (χ4v) is 7.22. The second-order valence-corrected chi connectivity index (χ2v) is 14.3. The molecule has 0 bridgehead atoms. The van der Waals surface area contributed by atoms with Gasteiger partial charge in [0, 0.05) is 29.6 Å². The van der Waals surface area contributed by atoms with Crippen molar-refractivity contribution in [3.8, 4) is 11.1 Å². The van der Waals surface area contributed by atoms with Gasteiger partial charge in [-0.2, -0.15) is 13.2 Å². The van der Waals surface area contributed by atoms with Gasteiger partial charge in [0.2, 0.25) is 17.6 Å². The van der Waals surface area contributed by atoms with Gasteiger partial charge in [0.25, 0.3) is 5.91 Å². The van der Waals surface area contributed by atoms with Gasteiger partial charge in [0.1, 0.15) is 6.04 Å². The van der Waals surface area contributed by atoms with Crippen molar-refractivity contribution in [2.45, 2.75) is 70.1 Å². The van der Waals surface area contributed by atoms with E-state index < -0.39 is 23.9 Å². The number of aromatic nitrogens is 2. The number of nitrogens with zero attached hydrogens (tertiary/aromatic N) is 2. The molecule has 1 aliphatic carbocycles. The van der Waals surface area contributed by atoms with Gasteiger partial charge in [-0.25, -0.2) is 4.98 Å². The largest absolute Gasteiger partial charge is 0.449 e. The molecule has 4 aromatic rings. The summed E-state index contributed by atoms with van der Waals surface area (Å²) in [5.74, 6) is -1.75. The van der Waals surface area contributed by atoms with E-state index in [1.54, 1.807) is 0 Å². The van der Waals surface area contributed by atoms with Crippen LogP contribution in [0, 0.1) is 18.8 Å². The second-order valence-electron chi connectivity index (χ2n) is 14.3. The number of likely N-dealkylation sites (tertiary alicyclic amines) is 1. The Morgan fingerprint density at radius 2 is 1.67 bits per heavy atom. The summed E-state index contributed by atoms with van der Waals surface area (Å²) in [4.78, 5) is 48.2. The molecule has 0 radical (unpaired) electrons. The SMILES string of the molecule is Cc1cc(C(=O)NC2CCN(C)CC2)ccc1-c1ccc(C[C@H](NC(=O)C2CCC(CN)CC2)C(=O)Nc2ccc3nc(C(F)(F)F)[nH]c3c2)cc1. The van der Waals surface area contributed by atoms with E-state index in [0.29, 0.717) is 30.9 Å². The van der Waals surface area contributed by atoms with Crippen molar-refractivity contribution in [2.24, 2.45) is 17.6 Å². The van der Waals surface area contributed by atoms with Crippen molar-refractivity contribution in [3.63, 3.8) is 0 Å². The fourth-order valence-electron chi connectivity index (χ4n) is 7.22. The van der Waals surface area contributed by atoms with E-state index in [1.165, 1.54) is 18.2 Å². The number of anilines is 1. The molecule has 1 saturated heterocycles. The molecule has 3 aromatic carbocycles. The number of aromatic amines is 1. The first kappa shape index (κ1) is 37.0. The predicted octanol–water partition coefficient (Wildman–Crippen LogP) is 5.81. The van der Waals surface area contributed by atoms with E-state index >= 15 is 0 Å². The molecule has 1 aromatic heterocycles. The van der Waals surface area contributed by atoms with Gasteiger partial charge >= 0.3 is 6.18 Å². The molecule has 52 heavy (non-hydrogen) atoms. The van der Waals surface area contributed by atoms with Gasteiger partial charge in [0.15, 0.2) is 0 Å². The van der Waals surface area contributed by atoms with Crippen LogP contribution in [-0.2, 0) is 22.2 Å². The van der Waals surface area contributed by atoms with Crippen LogP contribution in [0.1, 0.15) is 65.8 Å². The van der Waals surface area contributed by atoms with Crippen LogP contribution in [0.5, 0.6) is 0 Å². The normalized spacial score (nSPS) is 19.3. The first-order chi connectivity index (χ1) is 24.9. The Morgan fingerprint density at radius 3 is 2.33 bits per heavy atom. The standard InChI is InChI=1S/C39H46F3N7O3/c1-23-19-28(36(51)44-29-15-17-49(2)18-16-29)11-13-31(23)26-7-3-24(4-8-26)20-34(46-35(50)27-9-5-25(22-43)6-10-27)37(52)45-30-12-14-32-33(21-30)48-38(47-32)39(40,41)42/h3-4,7-8,11-14,19,21,25,27,29,34H,5-6,9-10,15-18,20,22,43H2,1-2H3,(H,44,51)(H,45,52)(H,46,50)(H,47,48)/t25?,27?,34-/m0/s1. The summed E-state index contributed by atoms with van der Waals surface area (Å²) in [6.07, 6.45) is 0.485. The number of amides is 3. The molecule has 1 saturated carbocycles. The Kier molecular flexibility index (Phi) is 11.3. The Morgan fingerprint density at radius 1 is 0.962 bits per heavy atom. The molecule has 3 amide bonds. The van der Waals surface area contributed by atoms with Gasteiger partial charge in [-0.05, 0) is 131 Å². The third kappa shape index (κ3) is 8.99. The molecular formula is C39H46F3N7O3. The third-order valence-electron chi connectivity index (χ3n) is 10.4. The lowest BCUT2D eigenvalue weighted by Crippen LogP contribution is -2.48. The quantitative estimate of drug-likeness (QED) is 0.140. The number of H-pyrrole nitrogens is 1. The maximum atomic E-state index is 13.7. The number of aryl methyl sites for hydroxylation is 1. The lowest BCUT2D eigenvalue weighted by atomic mass is 9.81. The van der Waals surface area contributed by atoms with Gasteiger partial charge in [0.05, 0.1) is 11.0 Å². The summed E-state index contributed by atoms with van der Waals surface area (Å²) in [5, 5.41) is 8.91. The fraction of sp³-hybridized carbons (Fsp3) is 0.436. The number of carbonyl (C=O) groups is 3. The van der Waals surface area contributed by atoms with Crippen LogP contribution < -0.4 is 21.7 Å². The highest BCUT2D eigenvalue weighted by Crippen LogP contribution is 2.31. The molecule has 10 nitrogen and oxygen atoms in total. The lowest BCUT2D eigenvalue weighted by molar-refractivity contribution is -0.144. The summed E-state index contributed by atoms with van der Waals surface area (Å²) >= 11 is 0. The van der Waals surface area contributed by atoms with E-state index in [1.807, 2.05) is 49.4 Å². The number of nitrogens with two attached hydrogens (primary N) is 1. The monoisotopic (exact) mass is 717 g/mol. The van der Waals surface area contributed by atoms with Crippen LogP contribution in [-0.4, -0.2) is 71.4 Å². The summed E-state index contributed by atoms with van der Waals surface area (Å²) in [5.41, 5.74) is 10.6. The Labute approximate surface area is 301 Å². The Hall–Kier alpha value is -4.75. The average Bonchev–Trinajstić information content (AvgIpc) is 3.57. The zero-order valence-electron chi connectivity index (χ0n) is 29.5. The van der Waals surface area contributed by atoms with E-state index in [2.05, 4.69) is 37.9 Å². The smallest absolute Gasteiger partial charge is 0.349 e. The van der Waals surface area contributed by atoms with Crippen LogP contribution in [0.3, 0.4) is 0 Å². The van der Waals surface area contributed by atoms with Crippen LogP contribution in [0.15, 0.2) is 60.7 Å². The van der Waals surface area contributed by atoms with Gasteiger partial charge < -0.3 is 31.6 Å². The molecule has 2 heterocycles. The molecule has 13 heteroatoms. The minimum atomic E-state index is -4.64. The Bertz CT molecular complexity index is 1890. The third-order valence-corrected chi connectivity index (χ3v) is 10.4. The Balaban J connectivity index is 1.16. The van der Waals surface area contributed by atoms with Crippen molar-refractivity contribution >= 4 is 34.4 Å². The molecule has 276 valence electrons. The molecule has 6 rings (SSSR count). The summed E-state index contributed by atoms with van der Waals surface area (Å²) in [7, 11) is 2.09. The molecule has 1 atom stereocenters. The minimum absolute atomic E-state index is 0.0751. The van der Waals surface area contributed by atoms with Crippen molar-refractivity contribution in [3.05, 3.63) is 83.2 Å². The highest BCUT2D eigenvalue weighted by atomic mass is 19.4. The predicted molar refractivity (Wildman–Crippen MR) is 194 cm³/mol. The number of carbonyl (C=O) groups excluding carboxylic acids is 3. The van der Waals surface area contributed by atoms with Crippen LogP contribution in [0.2, 0.25) is 0 Å². The molecule has 0 unspecified atom stereocenters. The summed E-state index contributed by atoms with van der Waals surface area (Å²) in [6, 6.07) is 16.9. The molecule has 2 fully saturated rings. The summed E-state index contributed by atoms with van der Waals surface area (Å²) in [6.45, 7) is 4.48. The van der Waals surface area contributed by atoms with Crippen molar-refractivity contribution in [1.82, 2.24) is 25.5 Å².